The lowest BCUT2D eigenvalue weighted by molar-refractivity contribution is -0.139. The Morgan fingerprint density at radius 3 is 2.41 bits per heavy atom. The average molecular weight is 436 g/mol. The molecule has 2 aliphatic heterocycles. The minimum absolute atomic E-state index is 0.118. The van der Waals surface area contributed by atoms with Crippen molar-refractivity contribution in [3.05, 3.63) is 64.7 Å². The quantitative estimate of drug-likeness (QED) is 0.297. The number of amides is 1. The van der Waals surface area contributed by atoms with Crippen molar-refractivity contribution in [2.24, 2.45) is 0 Å². The van der Waals surface area contributed by atoms with Crippen LogP contribution in [0.15, 0.2) is 48.0 Å². The molecule has 32 heavy (non-hydrogen) atoms. The summed E-state index contributed by atoms with van der Waals surface area (Å²) < 4.78 is 11.2. The first-order valence-electron chi connectivity index (χ1n) is 11.3. The van der Waals surface area contributed by atoms with E-state index < -0.39 is 17.7 Å². The van der Waals surface area contributed by atoms with Crippen LogP contribution in [0.25, 0.3) is 5.76 Å². The molecule has 1 N–H and O–H groups in total. The number of carbonyl (C=O) groups is 2. The standard InChI is InChI=1S/C26H29NO5/c1-3-5-6-13-27-23(18-9-7-17(4-2)8-10-18)22(25(29)26(27)30)24(28)19-11-12-20-21(16-19)32-15-14-31-20/h7-12,16,23,28H,3-6,13-15H2,1-2H3/b24-22-. The molecule has 1 unspecified atom stereocenters. The molecule has 2 heterocycles. The zero-order valence-electron chi connectivity index (χ0n) is 18.6. The van der Waals surface area contributed by atoms with Gasteiger partial charge in [-0.1, -0.05) is 51.0 Å². The van der Waals surface area contributed by atoms with E-state index in [2.05, 4.69) is 13.8 Å². The summed E-state index contributed by atoms with van der Waals surface area (Å²) in [7, 11) is 0. The minimum atomic E-state index is -0.654. The molecule has 0 saturated carbocycles. The lowest BCUT2D eigenvalue weighted by Gasteiger charge is -2.25. The average Bonchev–Trinajstić information content (AvgIpc) is 3.08. The number of aliphatic hydroxyl groups is 1. The van der Waals surface area contributed by atoms with Gasteiger partial charge in [0.05, 0.1) is 11.6 Å². The predicted molar refractivity (Wildman–Crippen MR) is 122 cm³/mol. The number of hydrogen-bond donors (Lipinski definition) is 1. The molecule has 0 bridgehead atoms. The maximum atomic E-state index is 13.1. The summed E-state index contributed by atoms with van der Waals surface area (Å²) >= 11 is 0. The molecule has 0 spiro atoms. The Morgan fingerprint density at radius 1 is 1.00 bits per heavy atom. The highest BCUT2D eigenvalue weighted by Crippen LogP contribution is 2.41. The molecule has 2 aromatic carbocycles. The van der Waals surface area contributed by atoms with Gasteiger partial charge in [0.15, 0.2) is 11.5 Å². The van der Waals surface area contributed by atoms with Gasteiger partial charge in [0, 0.05) is 12.1 Å². The first-order chi connectivity index (χ1) is 15.5. The number of fused-ring (bicyclic) bond motifs is 1. The lowest BCUT2D eigenvalue weighted by atomic mass is 9.94. The molecule has 168 valence electrons. The molecule has 1 atom stereocenters. The molecular weight excluding hydrogens is 406 g/mol. The van der Waals surface area contributed by atoms with Crippen LogP contribution in [0.5, 0.6) is 11.5 Å². The fraction of sp³-hybridized carbons (Fsp3) is 0.385. The minimum Gasteiger partial charge on any atom is -0.507 e. The van der Waals surface area contributed by atoms with E-state index >= 15 is 0 Å². The Hall–Kier alpha value is -3.28. The van der Waals surface area contributed by atoms with Crippen molar-refractivity contribution >= 4 is 17.4 Å². The number of likely N-dealkylation sites (tertiary alicyclic amines) is 1. The summed E-state index contributed by atoms with van der Waals surface area (Å²) in [4.78, 5) is 27.7. The summed E-state index contributed by atoms with van der Waals surface area (Å²) in [5.41, 5.74) is 2.53. The lowest BCUT2D eigenvalue weighted by Crippen LogP contribution is -2.30. The predicted octanol–water partition coefficient (Wildman–Crippen LogP) is 4.63. The van der Waals surface area contributed by atoms with Crippen LogP contribution < -0.4 is 9.47 Å². The molecule has 1 amide bonds. The van der Waals surface area contributed by atoms with E-state index in [0.717, 1.165) is 31.2 Å². The largest absolute Gasteiger partial charge is 0.507 e. The monoisotopic (exact) mass is 435 g/mol. The molecule has 0 aliphatic carbocycles. The highest BCUT2D eigenvalue weighted by molar-refractivity contribution is 6.46. The van der Waals surface area contributed by atoms with Crippen LogP contribution in [0, 0.1) is 0 Å². The molecule has 2 aromatic rings. The highest BCUT2D eigenvalue weighted by Gasteiger charge is 2.45. The van der Waals surface area contributed by atoms with Crippen LogP contribution >= 0.6 is 0 Å². The SMILES string of the molecule is CCCCCN1C(=O)C(=O)/C(=C(\O)c2ccc3c(c2)OCCO3)C1c1ccc(CC)cc1. The first kappa shape index (κ1) is 21.9. The molecule has 1 fully saturated rings. The van der Waals surface area contributed by atoms with Gasteiger partial charge in [0.25, 0.3) is 11.7 Å². The first-order valence-corrected chi connectivity index (χ1v) is 11.3. The second-order valence-corrected chi connectivity index (χ2v) is 8.15. The fourth-order valence-electron chi connectivity index (χ4n) is 4.27. The van der Waals surface area contributed by atoms with Gasteiger partial charge < -0.3 is 19.5 Å². The van der Waals surface area contributed by atoms with Crippen molar-refractivity contribution in [3.63, 3.8) is 0 Å². The third-order valence-electron chi connectivity index (χ3n) is 6.06. The highest BCUT2D eigenvalue weighted by atomic mass is 16.6. The van der Waals surface area contributed by atoms with E-state index in [1.54, 1.807) is 23.1 Å². The van der Waals surface area contributed by atoms with Gasteiger partial charge >= 0.3 is 0 Å². The Labute approximate surface area is 188 Å². The topological polar surface area (TPSA) is 76.1 Å². The number of unbranched alkanes of at least 4 members (excludes halogenated alkanes) is 2. The zero-order chi connectivity index (χ0) is 22.7. The summed E-state index contributed by atoms with van der Waals surface area (Å²) in [6, 6.07) is 12.3. The van der Waals surface area contributed by atoms with Gasteiger partial charge in [-0.15, -0.1) is 0 Å². The normalized spacial score (nSPS) is 19.4. The van der Waals surface area contributed by atoms with Gasteiger partial charge in [0.1, 0.15) is 19.0 Å². The van der Waals surface area contributed by atoms with Crippen molar-refractivity contribution in [2.45, 2.75) is 45.6 Å². The van der Waals surface area contributed by atoms with Gasteiger partial charge in [-0.3, -0.25) is 9.59 Å². The fourth-order valence-corrected chi connectivity index (χ4v) is 4.27. The van der Waals surface area contributed by atoms with Crippen molar-refractivity contribution in [3.8, 4) is 11.5 Å². The number of hydrogen-bond acceptors (Lipinski definition) is 5. The van der Waals surface area contributed by atoms with Crippen molar-refractivity contribution in [1.29, 1.82) is 0 Å². The van der Waals surface area contributed by atoms with Crippen LogP contribution in [0.4, 0.5) is 0 Å². The van der Waals surface area contributed by atoms with Gasteiger partial charge in [-0.05, 0) is 42.2 Å². The summed E-state index contributed by atoms with van der Waals surface area (Å²) in [5, 5.41) is 11.2. The van der Waals surface area contributed by atoms with Crippen LogP contribution in [-0.4, -0.2) is 41.5 Å². The third kappa shape index (κ3) is 4.09. The molecule has 1 saturated heterocycles. The van der Waals surface area contributed by atoms with E-state index in [4.69, 9.17) is 9.47 Å². The van der Waals surface area contributed by atoms with E-state index in [1.165, 1.54) is 5.56 Å². The summed E-state index contributed by atoms with van der Waals surface area (Å²) in [5.74, 6) is -0.299. The Kier molecular flexibility index (Phi) is 6.49. The Bertz CT molecular complexity index is 1040. The van der Waals surface area contributed by atoms with Gasteiger partial charge in [-0.25, -0.2) is 0 Å². The number of ketones is 1. The number of Topliss-reactive ketones (excluding diaryl/α,β-unsaturated/α-hetero) is 1. The number of benzene rings is 2. The Balaban J connectivity index is 1.79. The number of ether oxygens (including phenoxy) is 2. The Morgan fingerprint density at radius 2 is 1.72 bits per heavy atom. The van der Waals surface area contributed by atoms with Gasteiger partial charge in [-0.2, -0.15) is 0 Å². The molecule has 6 heteroatoms. The van der Waals surface area contributed by atoms with E-state index in [9.17, 15) is 14.7 Å². The number of aryl methyl sites for hydroxylation is 1. The van der Waals surface area contributed by atoms with Crippen molar-refractivity contribution in [2.75, 3.05) is 19.8 Å². The van der Waals surface area contributed by atoms with Crippen LogP contribution in [0.1, 0.15) is 55.8 Å². The van der Waals surface area contributed by atoms with Crippen molar-refractivity contribution in [1.82, 2.24) is 4.90 Å². The maximum absolute atomic E-state index is 13.1. The van der Waals surface area contributed by atoms with E-state index in [-0.39, 0.29) is 11.3 Å². The number of carbonyl (C=O) groups excluding carboxylic acids is 2. The van der Waals surface area contributed by atoms with E-state index in [0.29, 0.717) is 36.8 Å². The maximum Gasteiger partial charge on any atom is 0.295 e. The molecule has 2 aliphatic rings. The van der Waals surface area contributed by atoms with Crippen molar-refractivity contribution < 1.29 is 24.2 Å². The summed E-state index contributed by atoms with van der Waals surface area (Å²) in [6.45, 7) is 5.53. The van der Waals surface area contributed by atoms with E-state index in [1.807, 2.05) is 24.3 Å². The van der Waals surface area contributed by atoms with Crippen LogP contribution in [-0.2, 0) is 16.0 Å². The number of nitrogens with zero attached hydrogens (tertiary/aromatic N) is 1. The molecule has 4 rings (SSSR count). The zero-order valence-corrected chi connectivity index (χ0v) is 18.6. The van der Waals surface area contributed by atoms with Crippen LogP contribution in [0.3, 0.4) is 0 Å². The third-order valence-corrected chi connectivity index (χ3v) is 6.06. The second kappa shape index (κ2) is 9.47. The molecule has 0 radical (unpaired) electrons. The smallest absolute Gasteiger partial charge is 0.295 e. The summed E-state index contributed by atoms with van der Waals surface area (Å²) in [6.07, 6.45) is 3.68. The van der Waals surface area contributed by atoms with Crippen LogP contribution in [0.2, 0.25) is 0 Å². The van der Waals surface area contributed by atoms with Gasteiger partial charge in [0.2, 0.25) is 0 Å². The molecule has 6 nitrogen and oxygen atoms in total. The molecule has 0 aromatic heterocycles. The molecular formula is C26H29NO5. The number of aliphatic hydroxyl groups excluding tert-OH is 1. The number of rotatable bonds is 7. The second-order valence-electron chi connectivity index (χ2n) is 8.15.